The molecule has 1 unspecified atom stereocenters. The lowest BCUT2D eigenvalue weighted by Crippen LogP contribution is -2.52. The van der Waals surface area contributed by atoms with Crippen molar-refractivity contribution in [2.75, 3.05) is 6.61 Å². The van der Waals surface area contributed by atoms with Crippen molar-refractivity contribution >= 4 is 23.4 Å². The normalized spacial score (nSPS) is 14.8. The summed E-state index contributed by atoms with van der Waals surface area (Å²) in [6.45, 7) is 4.08. The van der Waals surface area contributed by atoms with E-state index >= 15 is 0 Å². The fourth-order valence-corrected chi connectivity index (χ4v) is 4.14. The van der Waals surface area contributed by atoms with Crippen molar-refractivity contribution in [2.24, 2.45) is 0 Å². The number of hydrogen-bond donors (Lipinski definition) is 1. The number of carbonyl (C=O) groups is 2. The van der Waals surface area contributed by atoms with Gasteiger partial charge in [0.15, 0.2) is 6.61 Å². The molecule has 1 aliphatic rings. The van der Waals surface area contributed by atoms with Gasteiger partial charge in [0.25, 0.3) is 5.91 Å². The minimum atomic E-state index is -0.552. The van der Waals surface area contributed by atoms with Gasteiger partial charge in [0.05, 0.1) is 0 Å². The second-order valence-corrected chi connectivity index (χ2v) is 8.55. The molecule has 31 heavy (non-hydrogen) atoms. The summed E-state index contributed by atoms with van der Waals surface area (Å²) < 4.78 is 5.80. The van der Waals surface area contributed by atoms with Crippen molar-refractivity contribution in [3.63, 3.8) is 0 Å². The first-order chi connectivity index (χ1) is 15.0. The van der Waals surface area contributed by atoms with E-state index in [0.29, 0.717) is 23.7 Å². The predicted octanol–water partition coefficient (Wildman–Crippen LogP) is 4.89. The van der Waals surface area contributed by atoms with Crippen molar-refractivity contribution in [3.8, 4) is 5.75 Å². The largest absolute Gasteiger partial charge is 0.484 e. The van der Waals surface area contributed by atoms with Gasteiger partial charge in [-0.2, -0.15) is 0 Å². The lowest BCUT2D eigenvalue weighted by atomic mass is 10.1. The van der Waals surface area contributed by atoms with Crippen molar-refractivity contribution in [1.82, 2.24) is 10.2 Å². The van der Waals surface area contributed by atoms with Crippen LogP contribution in [0.25, 0.3) is 0 Å². The van der Waals surface area contributed by atoms with E-state index in [0.717, 1.165) is 36.8 Å². The number of hydrogen-bond acceptors (Lipinski definition) is 3. The molecule has 2 amide bonds. The van der Waals surface area contributed by atoms with Crippen LogP contribution in [0.2, 0.25) is 5.02 Å². The Kier molecular flexibility index (Phi) is 8.35. The zero-order valence-electron chi connectivity index (χ0n) is 18.3. The second-order valence-electron chi connectivity index (χ2n) is 8.12. The Morgan fingerprint density at radius 3 is 2.45 bits per heavy atom. The molecule has 1 atom stereocenters. The molecule has 0 radical (unpaired) electrons. The monoisotopic (exact) mass is 442 g/mol. The Labute approximate surface area is 189 Å². The average Bonchev–Trinajstić information content (AvgIpc) is 3.27. The minimum absolute atomic E-state index is 0.0902. The first-order valence-electron chi connectivity index (χ1n) is 11.0. The Hall–Kier alpha value is -2.53. The van der Waals surface area contributed by atoms with Gasteiger partial charge in [0.1, 0.15) is 11.8 Å². The van der Waals surface area contributed by atoms with Crippen molar-refractivity contribution in [1.29, 1.82) is 0 Å². The van der Waals surface area contributed by atoms with Crippen LogP contribution >= 0.6 is 11.6 Å². The predicted molar refractivity (Wildman–Crippen MR) is 123 cm³/mol. The fraction of sp³-hybridized carbons (Fsp3) is 0.440. The van der Waals surface area contributed by atoms with E-state index < -0.39 is 6.04 Å². The molecule has 3 rings (SSSR count). The minimum Gasteiger partial charge on any atom is -0.484 e. The summed E-state index contributed by atoms with van der Waals surface area (Å²) in [5.74, 6) is 0.366. The van der Waals surface area contributed by atoms with E-state index in [-0.39, 0.29) is 24.5 Å². The Morgan fingerprint density at radius 1 is 1.13 bits per heavy atom. The highest BCUT2D eigenvalue weighted by atomic mass is 35.5. The topological polar surface area (TPSA) is 58.6 Å². The molecule has 2 aromatic rings. The van der Waals surface area contributed by atoms with Gasteiger partial charge in [0, 0.05) is 17.6 Å². The van der Waals surface area contributed by atoms with Gasteiger partial charge in [-0.1, -0.05) is 61.7 Å². The molecule has 5 nitrogen and oxygen atoms in total. The van der Waals surface area contributed by atoms with E-state index in [2.05, 4.69) is 5.32 Å². The first kappa shape index (κ1) is 23.1. The molecule has 0 spiro atoms. The highest BCUT2D eigenvalue weighted by Gasteiger charge is 2.30. The summed E-state index contributed by atoms with van der Waals surface area (Å²) in [5.41, 5.74) is 1.88. The smallest absolute Gasteiger partial charge is 0.261 e. The van der Waals surface area contributed by atoms with Crippen LogP contribution in [0.3, 0.4) is 0 Å². The van der Waals surface area contributed by atoms with Crippen molar-refractivity contribution in [2.45, 2.75) is 64.6 Å². The fourth-order valence-electron chi connectivity index (χ4n) is 4.01. The third kappa shape index (κ3) is 6.47. The van der Waals surface area contributed by atoms with Gasteiger partial charge in [-0.15, -0.1) is 0 Å². The Balaban J connectivity index is 1.76. The second kappa shape index (κ2) is 11.2. The number of amides is 2. The quantitative estimate of drug-likeness (QED) is 0.601. The van der Waals surface area contributed by atoms with Crippen LogP contribution in [0.15, 0.2) is 48.5 Å². The molecule has 1 aliphatic carbocycles. The van der Waals surface area contributed by atoms with E-state index in [1.807, 2.05) is 50.2 Å². The number of halogens is 1. The van der Waals surface area contributed by atoms with Gasteiger partial charge >= 0.3 is 0 Å². The van der Waals surface area contributed by atoms with Gasteiger partial charge in [-0.3, -0.25) is 9.59 Å². The van der Waals surface area contributed by atoms with Crippen LogP contribution in [0.1, 0.15) is 50.2 Å². The number of ether oxygens (including phenoxy) is 1. The molecule has 0 heterocycles. The maximum absolute atomic E-state index is 13.2. The number of nitrogens with one attached hydrogen (secondary N) is 1. The van der Waals surface area contributed by atoms with E-state index in [1.54, 1.807) is 17.0 Å². The maximum atomic E-state index is 13.2. The summed E-state index contributed by atoms with van der Waals surface area (Å²) in [4.78, 5) is 27.9. The maximum Gasteiger partial charge on any atom is 0.261 e. The summed E-state index contributed by atoms with van der Waals surface area (Å²) in [7, 11) is 0. The van der Waals surface area contributed by atoms with Gasteiger partial charge in [0.2, 0.25) is 5.91 Å². The molecule has 6 heteroatoms. The number of rotatable bonds is 9. The zero-order chi connectivity index (χ0) is 22.2. The molecular formula is C25H31ClN2O3. The number of nitrogens with zero attached hydrogens (tertiary/aromatic N) is 1. The lowest BCUT2D eigenvalue weighted by Gasteiger charge is -2.31. The standard InChI is InChI=1S/C25H31ClN2O3/c1-3-22(25(30)27-21-9-5-6-10-21)28(16-19-12-14-20(26)15-13-19)24(29)17-31-23-11-7-4-8-18(23)2/h4,7-8,11-15,21-22H,3,5-6,9-10,16-17H2,1-2H3,(H,27,30). The van der Waals surface area contributed by atoms with Gasteiger partial charge in [-0.25, -0.2) is 0 Å². The SMILES string of the molecule is CCC(C(=O)NC1CCCC1)N(Cc1ccc(Cl)cc1)C(=O)COc1ccccc1C. The summed E-state index contributed by atoms with van der Waals surface area (Å²) in [6.07, 6.45) is 4.81. The number of para-hydroxylation sites is 1. The zero-order valence-corrected chi connectivity index (χ0v) is 19.0. The molecule has 166 valence electrons. The molecule has 0 aliphatic heterocycles. The van der Waals surface area contributed by atoms with Crippen LogP contribution in [0.4, 0.5) is 0 Å². The lowest BCUT2D eigenvalue weighted by molar-refractivity contribution is -0.143. The van der Waals surface area contributed by atoms with Crippen LogP contribution in [-0.2, 0) is 16.1 Å². The summed E-state index contributed by atoms with van der Waals surface area (Å²) >= 11 is 6.01. The van der Waals surface area contributed by atoms with E-state index in [1.165, 1.54) is 0 Å². The molecule has 1 fully saturated rings. The highest BCUT2D eigenvalue weighted by Crippen LogP contribution is 2.21. The van der Waals surface area contributed by atoms with E-state index in [4.69, 9.17) is 16.3 Å². The Morgan fingerprint density at radius 2 is 1.81 bits per heavy atom. The average molecular weight is 443 g/mol. The highest BCUT2D eigenvalue weighted by molar-refractivity contribution is 6.30. The molecule has 0 bridgehead atoms. The summed E-state index contributed by atoms with van der Waals surface area (Å²) in [6, 6.07) is 14.6. The van der Waals surface area contributed by atoms with Crippen LogP contribution in [0.5, 0.6) is 5.75 Å². The van der Waals surface area contributed by atoms with Gasteiger partial charge in [-0.05, 0) is 55.5 Å². The molecule has 0 aromatic heterocycles. The van der Waals surface area contributed by atoms with Crippen molar-refractivity contribution < 1.29 is 14.3 Å². The Bertz CT molecular complexity index is 879. The van der Waals surface area contributed by atoms with Crippen LogP contribution in [-0.4, -0.2) is 35.4 Å². The van der Waals surface area contributed by atoms with E-state index in [9.17, 15) is 9.59 Å². The van der Waals surface area contributed by atoms with Gasteiger partial charge < -0.3 is 15.0 Å². The summed E-state index contributed by atoms with van der Waals surface area (Å²) in [5, 5.41) is 3.78. The molecule has 0 saturated heterocycles. The first-order valence-corrected chi connectivity index (χ1v) is 11.4. The third-order valence-electron chi connectivity index (χ3n) is 5.80. The molecule has 1 saturated carbocycles. The van der Waals surface area contributed by atoms with Crippen LogP contribution in [0, 0.1) is 6.92 Å². The molecule has 2 aromatic carbocycles. The third-order valence-corrected chi connectivity index (χ3v) is 6.05. The molecular weight excluding hydrogens is 412 g/mol. The molecule has 1 N–H and O–H groups in total. The number of carbonyl (C=O) groups excluding carboxylic acids is 2. The van der Waals surface area contributed by atoms with Crippen molar-refractivity contribution in [3.05, 3.63) is 64.7 Å². The number of benzene rings is 2. The van der Waals surface area contributed by atoms with Crippen LogP contribution < -0.4 is 10.1 Å². The number of aryl methyl sites for hydroxylation is 1.